The van der Waals surface area contributed by atoms with Gasteiger partial charge in [-0.05, 0) is 51.0 Å². The van der Waals surface area contributed by atoms with Crippen LogP contribution in [0.25, 0.3) is 11.0 Å². The van der Waals surface area contributed by atoms with E-state index in [4.69, 9.17) is 16.6 Å². The molecule has 0 saturated heterocycles. The van der Waals surface area contributed by atoms with E-state index in [1.807, 2.05) is 58.0 Å². The number of aryl methyl sites for hydroxylation is 3. The molecule has 0 bridgehead atoms. The summed E-state index contributed by atoms with van der Waals surface area (Å²) >= 11 is 7.40. The maximum atomic E-state index is 13.6. The molecule has 9 heteroatoms. The molecule has 2 heterocycles. The third-order valence-corrected chi connectivity index (χ3v) is 7.00. The van der Waals surface area contributed by atoms with Crippen LogP contribution in [0.5, 0.6) is 0 Å². The lowest BCUT2D eigenvalue weighted by Crippen LogP contribution is -2.26. The van der Waals surface area contributed by atoms with Gasteiger partial charge >= 0.3 is 0 Å². The van der Waals surface area contributed by atoms with E-state index in [1.54, 1.807) is 21.4 Å². The number of hydrogen-bond donors (Lipinski definition) is 1. The van der Waals surface area contributed by atoms with Crippen LogP contribution >= 0.6 is 23.4 Å². The van der Waals surface area contributed by atoms with Gasteiger partial charge in [-0.3, -0.25) is 18.8 Å². The third kappa shape index (κ3) is 4.88. The van der Waals surface area contributed by atoms with Crippen LogP contribution in [-0.2, 0) is 17.9 Å². The SMILES string of the molecule is CCn1nc(C)c2nc(SCC(=O)Nc3cccc(Cl)c3C)n(Cc3ccc(C)cc3)c(=O)c21. The van der Waals surface area contributed by atoms with Gasteiger partial charge in [-0.2, -0.15) is 5.10 Å². The van der Waals surface area contributed by atoms with Gasteiger partial charge in [0.2, 0.25) is 5.91 Å². The van der Waals surface area contributed by atoms with Gasteiger partial charge < -0.3 is 5.32 Å². The Balaban J connectivity index is 1.67. The van der Waals surface area contributed by atoms with Gasteiger partial charge in [0.15, 0.2) is 10.7 Å². The molecule has 4 rings (SSSR count). The Morgan fingerprint density at radius 2 is 1.85 bits per heavy atom. The summed E-state index contributed by atoms with van der Waals surface area (Å²) in [4.78, 5) is 31.1. The first-order chi connectivity index (χ1) is 16.3. The monoisotopic (exact) mass is 495 g/mol. The predicted molar refractivity (Wildman–Crippen MR) is 138 cm³/mol. The van der Waals surface area contributed by atoms with E-state index in [2.05, 4.69) is 10.4 Å². The second kappa shape index (κ2) is 10.0. The van der Waals surface area contributed by atoms with Gasteiger partial charge in [-0.25, -0.2) is 4.98 Å². The maximum Gasteiger partial charge on any atom is 0.280 e. The van der Waals surface area contributed by atoms with Gasteiger partial charge in [0.25, 0.3) is 5.56 Å². The number of carbonyl (C=O) groups excluding carboxylic acids is 1. The second-order valence-electron chi connectivity index (χ2n) is 8.12. The number of amides is 1. The predicted octanol–water partition coefficient (Wildman–Crippen LogP) is 4.97. The molecule has 0 aliphatic heterocycles. The summed E-state index contributed by atoms with van der Waals surface area (Å²) in [5.74, 6) is -0.105. The van der Waals surface area contributed by atoms with Crippen LogP contribution < -0.4 is 10.9 Å². The minimum Gasteiger partial charge on any atom is -0.325 e. The highest BCUT2D eigenvalue weighted by molar-refractivity contribution is 7.99. The number of aromatic nitrogens is 4. The fraction of sp³-hybridized carbons (Fsp3) is 0.280. The lowest BCUT2D eigenvalue weighted by Gasteiger charge is -2.13. The summed E-state index contributed by atoms with van der Waals surface area (Å²) < 4.78 is 3.32. The first-order valence-electron chi connectivity index (χ1n) is 11.0. The first kappa shape index (κ1) is 24.0. The highest BCUT2D eigenvalue weighted by atomic mass is 35.5. The molecule has 0 atom stereocenters. The van der Waals surface area contributed by atoms with Gasteiger partial charge in [0.1, 0.15) is 5.52 Å². The highest BCUT2D eigenvalue weighted by Crippen LogP contribution is 2.24. The number of halogens is 1. The molecule has 0 spiro atoms. The summed E-state index contributed by atoms with van der Waals surface area (Å²) in [5, 5.41) is 8.45. The van der Waals surface area contributed by atoms with E-state index < -0.39 is 0 Å². The number of benzene rings is 2. The lowest BCUT2D eigenvalue weighted by molar-refractivity contribution is -0.113. The van der Waals surface area contributed by atoms with Gasteiger partial charge in [0, 0.05) is 17.3 Å². The van der Waals surface area contributed by atoms with Crippen molar-refractivity contribution in [2.75, 3.05) is 11.1 Å². The molecular formula is C25H26ClN5O2S. The fourth-order valence-corrected chi connectivity index (χ4v) is 4.67. The summed E-state index contributed by atoms with van der Waals surface area (Å²) in [6.07, 6.45) is 0. The van der Waals surface area contributed by atoms with Crippen molar-refractivity contribution in [1.82, 2.24) is 19.3 Å². The number of rotatable bonds is 7. The number of nitrogens with zero attached hydrogens (tertiary/aromatic N) is 4. The average molecular weight is 496 g/mol. The van der Waals surface area contributed by atoms with Crippen molar-refractivity contribution in [2.45, 2.75) is 45.9 Å². The third-order valence-electron chi connectivity index (χ3n) is 5.62. The van der Waals surface area contributed by atoms with Crippen LogP contribution in [0.3, 0.4) is 0 Å². The van der Waals surface area contributed by atoms with Crippen molar-refractivity contribution in [1.29, 1.82) is 0 Å². The number of thioether (sulfide) groups is 1. The van der Waals surface area contributed by atoms with Gasteiger partial charge in [-0.15, -0.1) is 0 Å². The molecule has 2 aromatic heterocycles. The van der Waals surface area contributed by atoms with Crippen LogP contribution in [0.1, 0.15) is 29.3 Å². The largest absolute Gasteiger partial charge is 0.325 e. The van der Waals surface area contributed by atoms with Gasteiger partial charge in [-0.1, -0.05) is 59.3 Å². The van der Waals surface area contributed by atoms with Crippen LogP contribution in [-0.4, -0.2) is 31.0 Å². The number of carbonyl (C=O) groups is 1. The van der Waals surface area contributed by atoms with E-state index in [-0.39, 0.29) is 17.2 Å². The van der Waals surface area contributed by atoms with E-state index >= 15 is 0 Å². The zero-order chi connectivity index (χ0) is 24.4. The first-order valence-corrected chi connectivity index (χ1v) is 12.4. The Morgan fingerprint density at radius 3 is 2.56 bits per heavy atom. The van der Waals surface area contributed by atoms with Crippen molar-refractivity contribution < 1.29 is 4.79 Å². The average Bonchev–Trinajstić information content (AvgIpc) is 3.14. The zero-order valence-corrected chi connectivity index (χ0v) is 21.1. The van der Waals surface area contributed by atoms with Crippen LogP contribution in [0, 0.1) is 20.8 Å². The van der Waals surface area contributed by atoms with Crippen molar-refractivity contribution in [3.05, 3.63) is 80.2 Å². The van der Waals surface area contributed by atoms with E-state index in [1.165, 1.54) is 11.8 Å². The van der Waals surface area contributed by atoms with Crippen molar-refractivity contribution >= 4 is 46.0 Å². The number of anilines is 1. The molecule has 4 aromatic rings. The molecule has 0 unspecified atom stereocenters. The Kier molecular flexibility index (Phi) is 7.09. The molecule has 2 aromatic carbocycles. The standard InChI is InChI=1S/C25H26ClN5O2S/c1-5-31-23-22(17(4)29-31)28-25(30(24(23)33)13-18-11-9-15(2)10-12-18)34-14-21(32)27-20-8-6-7-19(26)16(20)3/h6-12H,5,13-14H2,1-4H3,(H,27,32). The maximum absolute atomic E-state index is 13.6. The summed E-state index contributed by atoms with van der Waals surface area (Å²) in [5.41, 5.74) is 5.18. The van der Waals surface area contributed by atoms with Crippen LogP contribution in [0.15, 0.2) is 52.4 Å². The van der Waals surface area contributed by atoms with Crippen molar-refractivity contribution in [2.24, 2.45) is 0 Å². The molecular weight excluding hydrogens is 470 g/mol. The number of nitrogens with one attached hydrogen (secondary N) is 1. The number of fused-ring (bicyclic) bond motifs is 1. The Morgan fingerprint density at radius 1 is 1.12 bits per heavy atom. The summed E-state index contributed by atoms with van der Waals surface area (Å²) in [6.45, 7) is 8.59. The van der Waals surface area contributed by atoms with E-state index in [0.717, 1.165) is 16.7 Å². The molecule has 34 heavy (non-hydrogen) atoms. The molecule has 176 valence electrons. The molecule has 0 fully saturated rings. The Labute approximate surface area is 207 Å². The highest BCUT2D eigenvalue weighted by Gasteiger charge is 2.19. The zero-order valence-electron chi connectivity index (χ0n) is 19.6. The Hall–Kier alpha value is -3.10. The fourth-order valence-electron chi connectivity index (χ4n) is 3.70. The molecule has 0 aliphatic rings. The molecule has 1 amide bonds. The molecule has 0 radical (unpaired) electrons. The van der Waals surface area contributed by atoms with Crippen LogP contribution in [0.4, 0.5) is 5.69 Å². The van der Waals surface area contributed by atoms with Crippen molar-refractivity contribution in [3.8, 4) is 0 Å². The molecule has 0 saturated carbocycles. The quantitative estimate of drug-likeness (QED) is 0.289. The summed E-state index contributed by atoms with van der Waals surface area (Å²) in [6, 6.07) is 13.4. The lowest BCUT2D eigenvalue weighted by atomic mass is 10.1. The minimum absolute atomic E-state index is 0.0960. The summed E-state index contributed by atoms with van der Waals surface area (Å²) in [7, 11) is 0. The number of hydrogen-bond acceptors (Lipinski definition) is 5. The van der Waals surface area contributed by atoms with Crippen molar-refractivity contribution in [3.63, 3.8) is 0 Å². The van der Waals surface area contributed by atoms with E-state index in [0.29, 0.717) is 45.7 Å². The van der Waals surface area contributed by atoms with Gasteiger partial charge in [0.05, 0.1) is 18.0 Å². The molecule has 0 aliphatic carbocycles. The second-order valence-corrected chi connectivity index (χ2v) is 9.47. The molecule has 7 nitrogen and oxygen atoms in total. The Bertz CT molecular complexity index is 1430. The molecule has 1 N–H and O–H groups in total. The smallest absolute Gasteiger partial charge is 0.280 e. The van der Waals surface area contributed by atoms with Crippen LogP contribution in [0.2, 0.25) is 5.02 Å². The normalized spacial score (nSPS) is 11.2. The van der Waals surface area contributed by atoms with E-state index in [9.17, 15) is 9.59 Å². The topological polar surface area (TPSA) is 81.8 Å². The minimum atomic E-state index is -0.201.